The van der Waals surface area contributed by atoms with E-state index < -0.39 is 11.7 Å². The molecule has 4 heteroatoms. The average Bonchev–Trinajstić information content (AvgIpc) is 1.99. The fourth-order valence-electron chi connectivity index (χ4n) is 1.76. The summed E-state index contributed by atoms with van der Waals surface area (Å²) in [4.78, 5) is 0. The van der Waals surface area contributed by atoms with Crippen molar-refractivity contribution in [2.24, 2.45) is 0 Å². The Hall–Kier alpha value is -1.19. The van der Waals surface area contributed by atoms with Gasteiger partial charge >= 0.3 is 6.18 Å². The minimum absolute atomic E-state index is 0.200. The highest BCUT2D eigenvalue weighted by Crippen LogP contribution is 2.36. The van der Waals surface area contributed by atoms with E-state index in [0.717, 1.165) is 0 Å². The first-order valence-electron chi connectivity index (χ1n) is 4.82. The van der Waals surface area contributed by atoms with Crippen LogP contribution in [0.25, 0.3) is 0 Å². The molecule has 0 aliphatic rings. The van der Waals surface area contributed by atoms with Gasteiger partial charge in [0, 0.05) is 5.69 Å². The number of hydrogen-bond donors (Lipinski definition) is 1. The number of aryl methyl sites for hydroxylation is 2. The zero-order valence-corrected chi connectivity index (χ0v) is 8.78. The maximum absolute atomic E-state index is 12.7. The Bertz CT molecular complexity index is 356. The molecule has 0 aliphatic heterocycles. The van der Waals surface area contributed by atoms with Gasteiger partial charge in [-0.3, -0.25) is 0 Å². The summed E-state index contributed by atoms with van der Waals surface area (Å²) in [6, 6.07) is 2.78. The van der Waals surface area contributed by atoms with Crippen molar-refractivity contribution in [2.45, 2.75) is 32.9 Å². The number of rotatable bonds is 2. The van der Waals surface area contributed by atoms with Gasteiger partial charge in [0.05, 0.1) is 5.56 Å². The molecule has 0 bridgehead atoms. The minimum atomic E-state index is -4.29. The van der Waals surface area contributed by atoms with E-state index in [9.17, 15) is 13.2 Å². The molecule has 0 heterocycles. The lowest BCUT2D eigenvalue weighted by atomic mass is 9.97. The highest BCUT2D eigenvalue weighted by Gasteiger charge is 2.34. The second kappa shape index (κ2) is 4.13. The molecule has 0 aliphatic carbocycles. The van der Waals surface area contributed by atoms with E-state index in [1.165, 1.54) is 19.1 Å². The molecule has 0 saturated heterocycles. The second-order valence-corrected chi connectivity index (χ2v) is 3.62. The third-order valence-electron chi connectivity index (χ3n) is 2.24. The molecule has 0 radical (unpaired) electrons. The number of alkyl halides is 3. The molecule has 1 aromatic rings. The smallest absolute Gasteiger partial charge is 0.399 e. The third-order valence-corrected chi connectivity index (χ3v) is 2.24. The summed E-state index contributed by atoms with van der Waals surface area (Å²) >= 11 is 0. The van der Waals surface area contributed by atoms with Crippen molar-refractivity contribution in [3.63, 3.8) is 0 Å². The van der Waals surface area contributed by atoms with Gasteiger partial charge in [0.2, 0.25) is 0 Å². The van der Waals surface area contributed by atoms with Crippen molar-refractivity contribution < 1.29 is 13.2 Å². The fourth-order valence-corrected chi connectivity index (χ4v) is 1.76. The molecule has 0 saturated carbocycles. The highest BCUT2D eigenvalue weighted by molar-refractivity contribution is 5.50. The van der Waals surface area contributed by atoms with E-state index in [-0.39, 0.29) is 5.56 Å². The van der Waals surface area contributed by atoms with E-state index >= 15 is 0 Å². The molecule has 1 rings (SSSR count). The zero-order chi connectivity index (χ0) is 11.6. The number of hydrogen-bond acceptors (Lipinski definition) is 1. The standard InChI is InChI=1S/C11H14F3N/c1-3-4-8-6-9(15)5-7(2)10(8)11(12,13)14/h5-6H,3-4,15H2,1-2H3. The minimum Gasteiger partial charge on any atom is -0.399 e. The largest absolute Gasteiger partial charge is 0.416 e. The predicted molar refractivity (Wildman–Crippen MR) is 54.6 cm³/mol. The van der Waals surface area contributed by atoms with Gasteiger partial charge in [-0.05, 0) is 36.6 Å². The highest BCUT2D eigenvalue weighted by atomic mass is 19.4. The summed E-state index contributed by atoms with van der Waals surface area (Å²) in [6.07, 6.45) is -3.21. The molecule has 0 spiro atoms. The van der Waals surface area contributed by atoms with Crippen LogP contribution in [0, 0.1) is 6.92 Å². The van der Waals surface area contributed by atoms with Crippen LogP contribution in [0.15, 0.2) is 12.1 Å². The third kappa shape index (κ3) is 2.64. The Kier molecular flexibility index (Phi) is 3.27. The van der Waals surface area contributed by atoms with Gasteiger partial charge in [0.25, 0.3) is 0 Å². The summed E-state index contributed by atoms with van der Waals surface area (Å²) < 4.78 is 38.2. The molecule has 84 valence electrons. The lowest BCUT2D eigenvalue weighted by Gasteiger charge is -2.16. The fraction of sp³-hybridized carbons (Fsp3) is 0.455. The number of benzene rings is 1. The van der Waals surface area contributed by atoms with Crippen molar-refractivity contribution in [2.75, 3.05) is 5.73 Å². The molecule has 0 amide bonds. The Morgan fingerprint density at radius 2 is 1.87 bits per heavy atom. The Morgan fingerprint density at radius 1 is 1.27 bits per heavy atom. The molecule has 0 unspecified atom stereocenters. The molecule has 15 heavy (non-hydrogen) atoms. The van der Waals surface area contributed by atoms with Gasteiger partial charge in [-0.25, -0.2) is 0 Å². The first kappa shape index (κ1) is 11.9. The molecule has 1 nitrogen and oxygen atoms in total. The van der Waals surface area contributed by atoms with Gasteiger partial charge < -0.3 is 5.73 Å². The van der Waals surface area contributed by atoms with E-state index in [0.29, 0.717) is 24.1 Å². The second-order valence-electron chi connectivity index (χ2n) is 3.62. The normalized spacial score (nSPS) is 11.8. The van der Waals surface area contributed by atoms with Crippen LogP contribution in [0.3, 0.4) is 0 Å². The quantitative estimate of drug-likeness (QED) is 0.753. The zero-order valence-electron chi connectivity index (χ0n) is 8.78. The Balaban J connectivity index is 3.33. The van der Waals surface area contributed by atoms with Crippen molar-refractivity contribution in [1.29, 1.82) is 0 Å². The Labute approximate surface area is 87.1 Å². The van der Waals surface area contributed by atoms with Gasteiger partial charge in [0.15, 0.2) is 0 Å². The van der Waals surface area contributed by atoms with Crippen LogP contribution in [0.4, 0.5) is 18.9 Å². The van der Waals surface area contributed by atoms with Gasteiger partial charge in [-0.2, -0.15) is 13.2 Å². The summed E-state index contributed by atoms with van der Waals surface area (Å²) in [5.74, 6) is 0. The van der Waals surface area contributed by atoms with E-state index in [1.54, 1.807) is 0 Å². The number of nitrogen functional groups attached to an aromatic ring is 1. The lowest BCUT2D eigenvalue weighted by Crippen LogP contribution is -2.12. The van der Waals surface area contributed by atoms with Crippen LogP contribution in [-0.2, 0) is 12.6 Å². The molecule has 1 aromatic carbocycles. The molecule has 0 aromatic heterocycles. The van der Waals surface area contributed by atoms with Gasteiger partial charge in [0.1, 0.15) is 0 Å². The summed E-state index contributed by atoms with van der Waals surface area (Å²) in [5.41, 5.74) is 5.89. The lowest BCUT2D eigenvalue weighted by molar-refractivity contribution is -0.138. The topological polar surface area (TPSA) is 26.0 Å². The monoisotopic (exact) mass is 217 g/mol. The number of nitrogens with two attached hydrogens (primary N) is 1. The van der Waals surface area contributed by atoms with Crippen molar-refractivity contribution >= 4 is 5.69 Å². The molecular weight excluding hydrogens is 203 g/mol. The summed E-state index contributed by atoms with van der Waals surface area (Å²) in [5, 5.41) is 0. The van der Waals surface area contributed by atoms with Crippen LogP contribution in [0.2, 0.25) is 0 Å². The van der Waals surface area contributed by atoms with Crippen LogP contribution in [-0.4, -0.2) is 0 Å². The maximum Gasteiger partial charge on any atom is 0.416 e. The molecule has 0 fully saturated rings. The number of anilines is 1. The van der Waals surface area contributed by atoms with E-state index in [2.05, 4.69) is 0 Å². The van der Waals surface area contributed by atoms with E-state index in [4.69, 9.17) is 5.73 Å². The van der Waals surface area contributed by atoms with Gasteiger partial charge in [-0.1, -0.05) is 13.3 Å². The number of halogens is 3. The first-order chi connectivity index (χ1) is 6.86. The average molecular weight is 217 g/mol. The van der Waals surface area contributed by atoms with Crippen LogP contribution in [0.1, 0.15) is 30.0 Å². The maximum atomic E-state index is 12.7. The van der Waals surface area contributed by atoms with Crippen LogP contribution < -0.4 is 5.73 Å². The van der Waals surface area contributed by atoms with E-state index in [1.807, 2.05) is 6.92 Å². The Morgan fingerprint density at radius 3 is 2.33 bits per heavy atom. The van der Waals surface area contributed by atoms with Gasteiger partial charge in [-0.15, -0.1) is 0 Å². The summed E-state index contributed by atoms with van der Waals surface area (Å²) in [6.45, 7) is 3.29. The molecule has 2 N–H and O–H groups in total. The predicted octanol–water partition coefficient (Wildman–Crippen LogP) is 3.55. The van der Waals surface area contributed by atoms with Crippen LogP contribution in [0.5, 0.6) is 0 Å². The van der Waals surface area contributed by atoms with Crippen molar-refractivity contribution in [3.05, 3.63) is 28.8 Å². The van der Waals surface area contributed by atoms with Crippen molar-refractivity contribution in [1.82, 2.24) is 0 Å². The molecule has 0 atom stereocenters. The van der Waals surface area contributed by atoms with Crippen LogP contribution >= 0.6 is 0 Å². The summed E-state index contributed by atoms with van der Waals surface area (Å²) in [7, 11) is 0. The molecular formula is C11H14F3N. The van der Waals surface area contributed by atoms with Crippen molar-refractivity contribution in [3.8, 4) is 0 Å². The SMILES string of the molecule is CCCc1cc(N)cc(C)c1C(F)(F)F. The first-order valence-corrected chi connectivity index (χ1v) is 4.82.